The second kappa shape index (κ2) is 14.3. The van der Waals surface area contributed by atoms with Crippen LogP contribution in [0.3, 0.4) is 0 Å². The first kappa shape index (κ1) is 37.0. The Morgan fingerprint density at radius 1 is 0.943 bits per heavy atom. The normalized spacial score (nSPS) is 26.8. The smallest absolute Gasteiger partial charge is 0.535 e. The van der Waals surface area contributed by atoms with E-state index in [1.165, 1.54) is 23.5 Å². The van der Waals surface area contributed by atoms with E-state index in [0.717, 1.165) is 56.7 Å². The molecule has 2 saturated heterocycles. The summed E-state index contributed by atoms with van der Waals surface area (Å²) >= 11 is 3.02. The lowest BCUT2D eigenvalue weighted by Gasteiger charge is -2.44. The molecule has 7 N–H and O–H groups in total. The van der Waals surface area contributed by atoms with Gasteiger partial charge in [-0.3, -0.25) is 9.69 Å². The molecule has 6 atom stereocenters. The summed E-state index contributed by atoms with van der Waals surface area (Å²) in [6.07, 6.45) is 1.70. The first-order valence-corrected chi connectivity index (χ1v) is 20.2. The Balaban J connectivity index is 0.840. The van der Waals surface area contributed by atoms with Gasteiger partial charge in [0.05, 0.1) is 0 Å². The number of hydrogen-bond acceptors (Lipinski definition) is 13. The van der Waals surface area contributed by atoms with Crippen LogP contribution in [0.1, 0.15) is 70.4 Å². The summed E-state index contributed by atoms with van der Waals surface area (Å²) in [5.41, 5.74) is 12.5. The highest BCUT2D eigenvalue weighted by Crippen LogP contribution is 2.62. The second-order valence-corrected chi connectivity index (χ2v) is 18.2. The number of carboxylic acid groups (broad SMARTS) is 2. The zero-order valence-electron chi connectivity index (χ0n) is 29.8. The Labute approximate surface area is 317 Å². The maximum Gasteiger partial charge on any atom is 0.546 e. The molecular weight excluding hydrogens is 720 g/mol. The van der Waals surface area contributed by atoms with Gasteiger partial charge in [0, 0.05) is 84.8 Å². The number of primary amides is 1. The summed E-state index contributed by atoms with van der Waals surface area (Å²) in [4.78, 5) is 42.3. The van der Waals surface area contributed by atoms with E-state index in [2.05, 4.69) is 16.7 Å². The minimum atomic E-state index is -1.10. The highest BCUT2D eigenvalue weighted by molar-refractivity contribution is 8.00. The maximum atomic E-state index is 12.7. The van der Waals surface area contributed by atoms with Crippen molar-refractivity contribution < 1.29 is 43.7 Å². The Morgan fingerprint density at radius 3 is 2.21 bits per heavy atom. The number of hydroxylamine groups is 2. The average molecular weight is 766 g/mol. The molecule has 0 bridgehead atoms. The summed E-state index contributed by atoms with van der Waals surface area (Å²) in [6.45, 7) is 9.23. The summed E-state index contributed by atoms with van der Waals surface area (Å²) in [5.74, 6) is -0.289. The topological polar surface area (TPSA) is 201 Å². The van der Waals surface area contributed by atoms with Crippen molar-refractivity contribution in [2.24, 2.45) is 17.4 Å². The van der Waals surface area contributed by atoms with E-state index in [4.69, 9.17) is 25.5 Å². The molecule has 1 amide bonds. The predicted octanol–water partition coefficient (Wildman–Crippen LogP) is 2.51. The van der Waals surface area contributed by atoms with Gasteiger partial charge < -0.3 is 45.7 Å². The number of carboxylic acids is 2. The molecule has 0 spiro atoms. The van der Waals surface area contributed by atoms with E-state index in [1.807, 2.05) is 29.3 Å². The fourth-order valence-electron chi connectivity index (χ4n) is 8.26. The number of nitrogens with two attached hydrogens (primary N) is 2. The molecule has 2 aliphatic carbocycles. The Bertz CT molecular complexity index is 1810. The number of piperazine rings is 1. The quantitative estimate of drug-likeness (QED) is 0.139. The predicted molar refractivity (Wildman–Crippen MR) is 201 cm³/mol. The van der Waals surface area contributed by atoms with Gasteiger partial charge in [0.15, 0.2) is 0 Å². The van der Waals surface area contributed by atoms with E-state index >= 15 is 0 Å². The first-order chi connectivity index (χ1) is 25.3. The molecule has 14 nitrogen and oxygen atoms in total. The Hall–Kier alpha value is -2.96. The molecule has 53 heavy (non-hydrogen) atoms. The first-order valence-electron chi connectivity index (χ1n) is 18.4. The molecule has 2 aromatic carbocycles. The molecule has 5 unspecified atom stereocenters. The van der Waals surface area contributed by atoms with Crippen molar-refractivity contribution in [2.45, 2.75) is 70.7 Å². The third-order valence-corrected chi connectivity index (χ3v) is 14.1. The zero-order valence-corrected chi connectivity index (χ0v) is 31.4. The van der Waals surface area contributed by atoms with Gasteiger partial charge in [0.25, 0.3) is 0 Å². The monoisotopic (exact) mass is 765 g/mol. The molecular formula is C35H45B2N5O9S2. The van der Waals surface area contributed by atoms with Gasteiger partial charge in [-0.1, -0.05) is 19.1 Å². The van der Waals surface area contributed by atoms with E-state index < -0.39 is 37.6 Å². The lowest BCUT2D eigenvalue weighted by atomic mass is 9.76. The van der Waals surface area contributed by atoms with Crippen molar-refractivity contribution in [3.05, 3.63) is 46.5 Å². The summed E-state index contributed by atoms with van der Waals surface area (Å²) in [6, 6.07) is 7.74. The number of likely N-dealkylation sites (tertiary alicyclic amines) is 1. The van der Waals surface area contributed by atoms with Crippen molar-refractivity contribution in [1.29, 1.82) is 0 Å². The SMILES string of the molecule is CC(Sc1ccc2c(c1C(=O)O)OB(ON1CCN(CCSc3ccc4c(c3C(=O)O)OB(O)C3CC43)CC1)C1CC21)C1CN(C[C@@](C)(N)C(N)=O)C1. The molecule has 2 saturated carbocycles. The largest absolute Gasteiger partial charge is 0.546 e. The van der Waals surface area contributed by atoms with Crippen LogP contribution in [0.15, 0.2) is 34.1 Å². The summed E-state index contributed by atoms with van der Waals surface area (Å²) in [5, 5.41) is 32.7. The molecule has 8 rings (SSSR count). The molecule has 282 valence electrons. The molecule has 4 heterocycles. The molecule has 0 radical (unpaired) electrons. The molecule has 0 aromatic heterocycles. The zero-order chi connectivity index (χ0) is 37.3. The number of carbonyl (C=O) groups excluding carboxylic acids is 1. The van der Waals surface area contributed by atoms with Crippen LogP contribution in [-0.2, 0) is 9.55 Å². The number of amides is 1. The van der Waals surface area contributed by atoms with Crippen LogP contribution in [-0.4, -0.2) is 131 Å². The number of aromatic carboxylic acids is 2. The molecule has 4 aliphatic heterocycles. The van der Waals surface area contributed by atoms with Gasteiger partial charge in [-0.05, 0) is 60.8 Å². The molecule has 2 aromatic rings. The summed E-state index contributed by atoms with van der Waals surface area (Å²) < 4.78 is 18.5. The van der Waals surface area contributed by atoms with Crippen LogP contribution in [0.5, 0.6) is 11.5 Å². The highest BCUT2D eigenvalue weighted by Gasteiger charge is 2.57. The van der Waals surface area contributed by atoms with E-state index in [9.17, 15) is 29.6 Å². The molecule has 4 fully saturated rings. The minimum absolute atomic E-state index is 0.0582. The van der Waals surface area contributed by atoms with Crippen LogP contribution in [0.4, 0.5) is 0 Å². The minimum Gasteiger partial charge on any atom is -0.535 e. The number of benzene rings is 2. The van der Waals surface area contributed by atoms with Crippen LogP contribution >= 0.6 is 23.5 Å². The Morgan fingerprint density at radius 2 is 1.55 bits per heavy atom. The number of hydrogen-bond donors (Lipinski definition) is 5. The van der Waals surface area contributed by atoms with Crippen molar-refractivity contribution in [2.75, 3.05) is 58.1 Å². The molecule has 6 aliphatic rings. The number of fused-ring (bicyclic) bond motifs is 6. The maximum absolute atomic E-state index is 12.7. The van der Waals surface area contributed by atoms with Gasteiger partial charge in [-0.25, -0.2) is 9.59 Å². The van der Waals surface area contributed by atoms with Crippen molar-refractivity contribution in [3.63, 3.8) is 0 Å². The average Bonchev–Trinajstić information content (AvgIpc) is 4.01. The number of nitrogens with zero attached hydrogens (tertiary/aromatic N) is 3. The molecule has 18 heteroatoms. The van der Waals surface area contributed by atoms with Crippen LogP contribution < -0.4 is 20.8 Å². The van der Waals surface area contributed by atoms with Gasteiger partial charge in [0.1, 0.15) is 28.2 Å². The Kier molecular flexibility index (Phi) is 9.96. The fourth-order valence-corrected chi connectivity index (χ4v) is 10.5. The second-order valence-electron chi connectivity index (χ2n) is 15.6. The van der Waals surface area contributed by atoms with Gasteiger partial charge in [0.2, 0.25) is 5.91 Å². The summed E-state index contributed by atoms with van der Waals surface area (Å²) in [7, 11) is -1.52. The van der Waals surface area contributed by atoms with E-state index in [0.29, 0.717) is 52.6 Å². The van der Waals surface area contributed by atoms with Crippen LogP contribution in [0.25, 0.3) is 0 Å². The third kappa shape index (κ3) is 7.29. The fraction of sp³-hybridized carbons (Fsp3) is 0.571. The van der Waals surface area contributed by atoms with Crippen molar-refractivity contribution in [1.82, 2.24) is 14.9 Å². The third-order valence-electron chi connectivity index (χ3n) is 11.7. The van der Waals surface area contributed by atoms with E-state index in [-0.39, 0.29) is 39.8 Å². The van der Waals surface area contributed by atoms with Gasteiger partial charge >= 0.3 is 26.2 Å². The lowest BCUT2D eigenvalue weighted by Crippen LogP contribution is -2.62. The number of carbonyl (C=O) groups is 3. The van der Waals surface area contributed by atoms with Crippen LogP contribution in [0.2, 0.25) is 11.6 Å². The highest BCUT2D eigenvalue weighted by atomic mass is 32.2. The van der Waals surface area contributed by atoms with Gasteiger partial charge in [-0.2, -0.15) is 5.06 Å². The standard InChI is InChI=1S/C35H45B2N5O9S2/c1-18(19-15-41(16-19)17-35(2,39)34(38)47)53-27-6-4-21-23-14-25(23)37(50-31(21)29(27)33(45)46)51-42-9-7-40(8-10-42)11-12-52-26-5-3-20-22-13-24(22)36(48)49-30(20)28(26)32(43)44/h3-6,18-19,22-25,48H,7-17,39H2,1-2H3,(H2,38,47)(H,43,44)(H,45,46)/t18?,22?,23?,24?,25?,35-/m1/s1. The van der Waals surface area contributed by atoms with Crippen LogP contribution in [0, 0.1) is 5.92 Å². The number of rotatable bonds is 14. The van der Waals surface area contributed by atoms with Gasteiger partial charge in [-0.15, -0.1) is 23.5 Å². The number of thioether (sulfide) groups is 2. The van der Waals surface area contributed by atoms with Crippen molar-refractivity contribution in [3.8, 4) is 11.5 Å². The lowest BCUT2D eigenvalue weighted by molar-refractivity contribution is -0.123. The van der Waals surface area contributed by atoms with Crippen molar-refractivity contribution >= 4 is 55.6 Å². The van der Waals surface area contributed by atoms with E-state index in [1.54, 1.807) is 6.92 Å².